The van der Waals surface area contributed by atoms with Crippen LogP contribution in [0.2, 0.25) is 0 Å². The number of amides is 1. The first-order valence-corrected chi connectivity index (χ1v) is 6.40. The Labute approximate surface area is 120 Å². The molecule has 3 nitrogen and oxygen atoms in total. The molecule has 1 saturated heterocycles. The molecule has 0 spiro atoms. The molecule has 0 saturated carbocycles. The van der Waals surface area contributed by atoms with Gasteiger partial charge in [0.2, 0.25) is 0 Å². The third kappa shape index (κ3) is 3.12. The summed E-state index contributed by atoms with van der Waals surface area (Å²) in [5, 5.41) is 0. The van der Waals surface area contributed by atoms with E-state index in [9.17, 15) is 9.59 Å². The summed E-state index contributed by atoms with van der Waals surface area (Å²) >= 11 is 0. The number of allylic oxidation sites excluding steroid dienone is 7. The maximum absolute atomic E-state index is 12.1. The van der Waals surface area contributed by atoms with E-state index in [2.05, 4.69) is 13.2 Å². The van der Waals surface area contributed by atoms with Crippen LogP contribution in [0.15, 0.2) is 72.5 Å². The van der Waals surface area contributed by atoms with Crippen LogP contribution in [-0.2, 0) is 9.59 Å². The Morgan fingerprint density at radius 1 is 1.20 bits per heavy atom. The lowest BCUT2D eigenvalue weighted by Crippen LogP contribution is -2.28. The van der Waals surface area contributed by atoms with Crippen LogP contribution in [0.4, 0.5) is 0 Å². The van der Waals surface area contributed by atoms with Crippen LogP contribution in [0.3, 0.4) is 0 Å². The highest BCUT2D eigenvalue weighted by Crippen LogP contribution is 2.27. The fraction of sp³-hybridized carbons (Fsp3) is 0.176. The molecule has 20 heavy (non-hydrogen) atoms. The van der Waals surface area contributed by atoms with Crippen LogP contribution in [0.5, 0.6) is 0 Å². The van der Waals surface area contributed by atoms with Gasteiger partial charge in [0.15, 0.2) is 0 Å². The van der Waals surface area contributed by atoms with E-state index in [0.29, 0.717) is 17.8 Å². The molecule has 1 rings (SSSR count). The molecule has 104 valence electrons. The van der Waals surface area contributed by atoms with Crippen LogP contribution in [0.25, 0.3) is 0 Å². The second-order valence-electron chi connectivity index (χ2n) is 4.19. The van der Waals surface area contributed by atoms with Gasteiger partial charge in [-0.2, -0.15) is 0 Å². The minimum absolute atomic E-state index is 0.331. The van der Waals surface area contributed by atoms with Crippen molar-refractivity contribution in [3.05, 3.63) is 72.5 Å². The van der Waals surface area contributed by atoms with Gasteiger partial charge in [0.05, 0.1) is 12.2 Å². The van der Waals surface area contributed by atoms with Crippen molar-refractivity contribution in [2.45, 2.75) is 13.8 Å². The predicted molar refractivity (Wildman–Crippen MR) is 81.9 cm³/mol. The molecule has 0 N–H and O–H groups in total. The Balaban J connectivity index is 3.21. The zero-order chi connectivity index (χ0) is 15.1. The van der Waals surface area contributed by atoms with Crippen molar-refractivity contribution in [3.63, 3.8) is 0 Å². The normalized spacial score (nSPS) is 20.5. The number of carbonyl (C=O) groups is 2. The summed E-state index contributed by atoms with van der Waals surface area (Å²) < 4.78 is 0. The molecule has 0 aromatic heterocycles. The van der Waals surface area contributed by atoms with E-state index in [4.69, 9.17) is 0 Å². The fourth-order valence-corrected chi connectivity index (χ4v) is 2.05. The first kappa shape index (κ1) is 15.6. The second-order valence-corrected chi connectivity index (χ2v) is 4.19. The second kappa shape index (κ2) is 7.24. The molecule has 1 aliphatic rings. The third-order valence-corrected chi connectivity index (χ3v) is 2.87. The molecule has 0 atom stereocenters. The Bertz CT molecular complexity index is 560. The van der Waals surface area contributed by atoms with Gasteiger partial charge in [-0.25, -0.2) is 0 Å². The molecule has 0 bridgehead atoms. The molecule has 3 heteroatoms. The molecular formula is C17H19NO2. The smallest absolute Gasteiger partial charge is 0.299 e. The molecule has 0 radical (unpaired) electrons. The van der Waals surface area contributed by atoms with Crippen molar-refractivity contribution in [1.82, 2.24) is 4.90 Å². The molecule has 1 amide bonds. The predicted octanol–water partition coefficient (Wildman–Crippen LogP) is 3.10. The first-order valence-electron chi connectivity index (χ1n) is 6.40. The number of rotatable bonds is 5. The molecule has 0 aromatic rings. The Morgan fingerprint density at radius 3 is 2.40 bits per heavy atom. The van der Waals surface area contributed by atoms with E-state index in [0.717, 1.165) is 5.57 Å². The maximum Gasteiger partial charge on any atom is 0.299 e. The molecule has 0 aromatic carbocycles. The van der Waals surface area contributed by atoms with Crippen molar-refractivity contribution in [2.24, 2.45) is 0 Å². The molecule has 1 heterocycles. The first-order chi connectivity index (χ1) is 9.60. The highest BCUT2D eigenvalue weighted by molar-refractivity contribution is 6.47. The summed E-state index contributed by atoms with van der Waals surface area (Å²) in [4.78, 5) is 25.5. The third-order valence-electron chi connectivity index (χ3n) is 2.87. The number of hydrogen-bond donors (Lipinski definition) is 0. The fourth-order valence-electron chi connectivity index (χ4n) is 2.05. The average Bonchev–Trinajstić information content (AvgIpc) is 2.64. The summed E-state index contributed by atoms with van der Waals surface area (Å²) in [5.74, 6) is -0.982. The minimum atomic E-state index is -0.509. The van der Waals surface area contributed by atoms with Gasteiger partial charge in [-0.1, -0.05) is 49.6 Å². The maximum atomic E-state index is 12.1. The lowest BCUT2D eigenvalue weighted by atomic mass is 10.1. The van der Waals surface area contributed by atoms with E-state index < -0.39 is 11.7 Å². The quantitative estimate of drug-likeness (QED) is 0.437. The average molecular weight is 269 g/mol. The van der Waals surface area contributed by atoms with Crippen molar-refractivity contribution < 1.29 is 9.59 Å². The van der Waals surface area contributed by atoms with Gasteiger partial charge in [0.25, 0.3) is 11.7 Å². The van der Waals surface area contributed by atoms with Gasteiger partial charge in [-0.15, -0.1) is 0 Å². The van der Waals surface area contributed by atoms with Gasteiger partial charge < -0.3 is 4.90 Å². The van der Waals surface area contributed by atoms with Gasteiger partial charge in [0, 0.05) is 5.57 Å². The Kier molecular flexibility index (Phi) is 5.66. The monoisotopic (exact) mass is 269 g/mol. The van der Waals surface area contributed by atoms with Crippen LogP contribution >= 0.6 is 0 Å². The molecular weight excluding hydrogens is 250 g/mol. The van der Waals surface area contributed by atoms with Crippen LogP contribution in [0, 0.1) is 0 Å². The van der Waals surface area contributed by atoms with Gasteiger partial charge >= 0.3 is 0 Å². The molecule has 0 unspecified atom stereocenters. The highest BCUT2D eigenvalue weighted by Gasteiger charge is 2.37. The summed E-state index contributed by atoms with van der Waals surface area (Å²) in [5.41, 5.74) is 1.92. The zero-order valence-electron chi connectivity index (χ0n) is 11.9. The minimum Gasteiger partial charge on any atom is -0.300 e. The number of hydrogen-bond acceptors (Lipinski definition) is 2. The number of Topliss-reactive ketones (excluding diaryl/α,β-unsaturated/α-hetero) is 1. The number of nitrogens with zero attached hydrogens (tertiary/aromatic N) is 1. The van der Waals surface area contributed by atoms with Crippen LogP contribution < -0.4 is 0 Å². The topological polar surface area (TPSA) is 37.4 Å². The molecule has 1 fully saturated rings. The van der Waals surface area contributed by atoms with E-state index in [1.54, 1.807) is 31.2 Å². The number of likely N-dealkylation sites (tertiary alicyclic amines) is 1. The zero-order valence-corrected chi connectivity index (χ0v) is 11.9. The van der Waals surface area contributed by atoms with Crippen molar-refractivity contribution in [1.29, 1.82) is 0 Å². The van der Waals surface area contributed by atoms with Crippen LogP contribution in [-0.4, -0.2) is 23.1 Å². The van der Waals surface area contributed by atoms with Gasteiger partial charge in [0.1, 0.15) is 0 Å². The summed E-state index contributed by atoms with van der Waals surface area (Å²) in [6, 6.07) is 0. The lowest BCUT2D eigenvalue weighted by molar-refractivity contribution is -0.138. The Hall–Kier alpha value is -2.42. The van der Waals surface area contributed by atoms with E-state index in [1.165, 1.54) is 4.90 Å². The van der Waals surface area contributed by atoms with Crippen molar-refractivity contribution in [3.8, 4) is 0 Å². The van der Waals surface area contributed by atoms with Gasteiger partial charge in [-0.05, 0) is 25.5 Å². The highest BCUT2D eigenvalue weighted by atomic mass is 16.2. The standard InChI is InChI=1S/C17H19NO2/c1-5-9-13(10-6-2)12-18-15(11-7-3)14(8-4)16(19)17(18)20/h5-11H,1,3,12H2,2,4H3/b10-6-,13-9+,14-8+,15-11+. The van der Waals surface area contributed by atoms with Crippen molar-refractivity contribution in [2.75, 3.05) is 6.54 Å². The Morgan fingerprint density at radius 2 is 1.90 bits per heavy atom. The summed E-state index contributed by atoms with van der Waals surface area (Å²) in [6.07, 6.45) is 12.2. The molecule has 0 aliphatic carbocycles. The van der Waals surface area contributed by atoms with E-state index in [1.807, 2.05) is 25.2 Å². The number of carbonyl (C=O) groups excluding carboxylic acids is 2. The van der Waals surface area contributed by atoms with E-state index >= 15 is 0 Å². The van der Waals surface area contributed by atoms with E-state index in [-0.39, 0.29) is 0 Å². The lowest BCUT2D eigenvalue weighted by Gasteiger charge is -2.17. The SMILES string of the molecule is C=C/C=C(\C=C/C)CN1C(=O)C(=O)C(=C/C)/C1=C\C=C. The summed E-state index contributed by atoms with van der Waals surface area (Å²) in [6.45, 7) is 11.3. The van der Waals surface area contributed by atoms with Gasteiger partial charge in [-0.3, -0.25) is 9.59 Å². The van der Waals surface area contributed by atoms with Crippen molar-refractivity contribution >= 4 is 11.7 Å². The summed E-state index contributed by atoms with van der Waals surface area (Å²) in [7, 11) is 0. The van der Waals surface area contributed by atoms with Crippen LogP contribution in [0.1, 0.15) is 13.8 Å². The number of ketones is 1. The molecule has 1 aliphatic heterocycles. The largest absolute Gasteiger partial charge is 0.300 e.